The second kappa shape index (κ2) is 7.67. The molecule has 0 aliphatic heterocycles. The van der Waals surface area contributed by atoms with Gasteiger partial charge in [-0.3, -0.25) is 9.59 Å². The summed E-state index contributed by atoms with van der Waals surface area (Å²) in [6, 6.07) is 5.74. The molecule has 0 fully saturated rings. The van der Waals surface area contributed by atoms with Crippen molar-refractivity contribution in [3.05, 3.63) is 34.6 Å². The van der Waals surface area contributed by atoms with Gasteiger partial charge in [0.2, 0.25) is 5.91 Å². The topological polar surface area (TPSA) is 117 Å². The van der Waals surface area contributed by atoms with Crippen LogP contribution in [0, 0.1) is 5.92 Å². The molecule has 2 aromatic rings. The quantitative estimate of drug-likeness (QED) is 0.728. The summed E-state index contributed by atoms with van der Waals surface area (Å²) in [5.41, 5.74) is 0.143. The van der Waals surface area contributed by atoms with E-state index >= 15 is 0 Å². The second-order valence-corrected chi connectivity index (χ2v) is 5.95. The first-order chi connectivity index (χ1) is 11.4. The summed E-state index contributed by atoms with van der Waals surface area (Å²) >= 11 is 0. The zero-order valence-electron chi connectivity index (χ0n) is 13.6. The molecule has 1 atom stereocenters. The predicted molar refractivity (Wildman–Crippen MR) is 84.8 cm³/mol. The SMILES string of the molecule is CC(C)C[C@H](NC(=O)CCn1nnc2ccccc2c1=O)C(=O)[O-]. The van der Waals surface area contributed by atoms with Gasteiger partial charge in [0.1, 0.15) is 5.52 Å². The molecule has 0 aliphatic carbocycles. The highest BCUT2D eigenvalue weighted by Gasteiger charge is 2.15. The lowest BCUT2D eigenvalue weighted by Gasteiger charge is -2.21. The van der Waals surface area contributed by atoms with E-state index in [0.717, 1.165) is 4.68 Å². The molecule has 1 aromatic carbocycles. The predicted octanol–water partition coefficient (Wildman–Crippen LogP) is -0.538. The monoisotopic (exact) mass is 331 g/mol. The number of aryl methyl sites for hydroxylation is 1. The lowest BCUT2D eigenvalue weighted by Crippen LogP contribution is -2.48. The highest BCUT2D eigenvalue weighted by atomic mass is 16.4. The lowest BCUT2D eigenvalue weighted by molar-refractivity contribution is -0.308. The lowest BCUT2D eigenvalue weighted by atomic mass is 10.0. The number of hydrogen-bond donors (Lipinski definition) is 1. The highest BCUT2D eigenvalue weighted by Crippen LogP contribution is 2.05. The normalized spacial score (nSPS) is 12.3. The Hall–Kier alpha value is -2.77. The summed E-state index contributed by atoms with van der Waals surface area (Å²) in [4.78, 5) is 35.2. The average molecular weight is 331 g/mol. The first-order valence-corrected chi connectivity index (χ1v) is 7.71. The van der Waals surface area contributed by atoms with Crippen molar-refractivity contribution in [1.82, 2.24) is 20.3 Å². The van der Waals surface area contributed by atoms with Crippen LogP contribution in [0.4, 0.5) is 0 Å². The molecule has 24 heavy (non-hydrogen) atoms. The Kier molecular flexibility index (Phi) is 5.62. The van der Waals surface area contributed by atoms with E-state index in [-0.39, 0.29) is 30.9 Å². The first-order valence-electron chi connectivity index (χ1n) is 7.71. The second-order valence-electron chi connectivity index (χ2n) is 5.95. The molecule has 0 bridgehead atoms. The molecule has 8 nitrogen and oxygen atoms in total. The molecular weight excluding hydrogens is 312 g/mol. The van der Waals surface area contributed by atoms with Crippen molar-refractivity contribution < 1.29 is 14.7 Å². The summed E-state index contributed by atoms with van der Waals surface area (Å²) in [5.74, 6) is -1.70. The number of nitrogens with zero attached hydrogens (tertiary/aromatic N) is 3. The number of carbonyl (C=O) groups excluding carboxylic acids is 2. The third kappa shape index (κ3) is 4.37. The van der Waals surface area contributed by atoms with Crippen LogP contribution in [0.5, 0.6) is 0 Å². The van der Waals surface area contributed by atoms with Crippen LogP contribution in [0.1, 0.15) is 26.7 Å². The Labute approximate surface area is 138 Å². The van der Waals surface area contributed by atoms with Crippen molar-refractivity contribution in [2.45, 2.75) is 39.3 Å². The van der Waals surface area contributed by atoms with Gasteiger partial charge in [0.05, 0.1) is 23.9 Å². The Morgan fingerprint density at radius 2 is 2.00 bits per heavy atom. The molecule has 2 rings (SSSR count). The molecule has 1 heterocycles. The third-order valence-corrected chi connectivity index (χ3v) is 3.51. The van der Waals surface area contributed by atoms with Crippen molar-refractivity contribution in [3.63, 3.8) is 0 Å². The number of carboxylic acids is 1. The van der Waals surface area contributed by atoms with Crippen LogP contribution in [-0.2, 0) is 16.1 Å². The minimum absolute atomic E-state index is 0.0178. The van der Waals surface area contributed by atoms with Gasteiger partial charge in [-0.15, -0.1) is 5.10 Å². The Morgan fingerprint density at radius 1 is 1.29 bits per heavy atom. The molecular formula is C16H19N4O4-. The zero-order chi connectivity index (χ0) is 17.7. The molecule has 0 aliphatic rings. The smallest absolute Gasteiger partial charge is 0.277 e. The number of nitrogens with one attached hydrogen (secondary N) is 1. The molecule has 0 radical (unpaired) electrons. The van der Waals surface area contributed by atoms with Crippen LogP contribution < -0.4 is 16.0 Å². The number of aromatic nitrogens is 3. The van der Waals surface area contributed by atoms with Gasteiger partial charge < -0.3 is 15.2 Å². The maximum Gasteiger partial charge on any atom is 0.277 e. The largest absolute Gasteiger partial charge is 0.548 e. The van der Waals surface area contributed by atoms with Crippen molar-refractivity contribution in [2.24, 2.45) is 5.92 Å². The van der Waals surface area contributed by atoms with E-state index in [0.29, 0.717) is 10.9 Å². The van der Waals surface area contributed by atoms with Gasteiger partial charge in [-0.25, -0.2) is 4.68 Å². The minimum Gasteiger partial charge on any atom is -0.548 e. The van der Waals surface area contributed by atoms with Gasteiger partial charge in [0.25, 0.3) is 5.56 Å². The van der Waals surface area contributed by atoms with Gasteiger partial charge in [0, 0.05) is 6.42 Å². The zero-order valence-corrected chi connectivity index (χ0v) is 13.6. The molecule has 128 valence electrons. The molecule has 0 unspecified atom stereocenters. The summed E-state index contributed by atoms with van der Waals surface area (Å²) in [6.07, 6.45) is 0.207. The fourth-order valence-corrected chi connectivity index (χ4v) is 2.33. The number of hydrogen-bond acceptors (Lipinski definition) is 6. The van der Waals surface area contributed by atoms with E-state index < -0.39 is 17.9 Å². The number of aliphatic carboxylic acids is 1. The average Bonchev–Trinajstić information content (AvgIpc) is 2.53. The van der Waals surface area contributed by atoms with E-state index in [1.807, 2.05) is 13.8 Å². The fourth-order valence-electron chi connectivity index (χ4n) is 2.33. The summed E-state index contributed by atoms with van der Waals surface area (Å²) in [5, 5.41) is 21.6. The number of benzene rings is 1. The Bertz CT molecular complexity index is 800. The van der Waals surface area contributed by atoms with Gasteiger partial charge in [-0.05, 0) is 24.5 Å². The van der Waals surface area contributed by atoms with Crippen LogP contribution in [0.15, 0.2) is 29.1 Å². The highest BCUT2D eigenvalue weighted by molar-refractivity contribution is 5.82. The fraction of sp³-hybridized carbons (Fsp3) is 0.438. The Morgan fingerprint density at radius 3 is 2.67 bits per heavy atom. The van der Waals surface area contributed by atoms with Crippen molar-refractivity contribution in [2.75, 3.05) is 0 Å². The number of rotatable bonds is 7. The molecule has 1 N–H and O–H groups in total. The standard InChI is InChI=1S/C16H20N4O4/c1-10(2)9-13(16(23)24)17-14(21)7-8-20-15(22)11-5-3-4-6-12(11)18-19-20/h3-6,10,13H,7-9H2,1-2H3,(H,17,21)(H,23,24)/p-1/t13-/m0/s1. The molecule has 1 amide bonds. The molecule has 0 saturated carbocycles. The van der Waals surface area contributed by atoms with Gasteiger partial charge in [0.15, 0.2) is 0 Å². The Balaban J connectivity index is 2.02. The van der Waals surface area contributed by atoms with Crippen LogP contribution in [0.2, 0.25) is 0 Å². The van der Waals surface area contributed by atoms with Gasteiger partial charge in [-0.1, -0.05) is 31.2 Å². The van der Waals surface area contributed by atoms with Gasteiger partial charge in [-0.2, -0.15) is 0 Å². The molecule has 8 heteroatoms. The van der Waals surface area contributed by atoms with E-state index in [1.165, 1.54) is 0 Å². The van der Waals surface area contributed by atoms with Gasteiger partial charge >= 0.3 is 0 Å². The van der Waals surface area contributed by atoms with Crippen LogP contribution in [0.3, 0.4) is 0 Å². The van der Waals surface area contributed by atoms with E-state index in [4.69, 9.17) is 0 Å². The maximum absolute atomic E-state index is 12.2. The number of amides is 1. The molecule has 0 spiro atoms. The number of fused-ring (bicyclic) bond motifs is 1. The van der Waals surface area contributed by atoms with E-state index in [9.17, 15) is 19.5 Å². The number of carboxylic acid groups (broad SMARTS) is 1. The van der Waals surface area contributed by atoms with E-state index in [1.54, 1.807) is 24.3 Å². The first kappa shape index (κ1) is 17.6. The summed E-state index contributed by atoms with van der Waals surface area (Å²) in [7, 11) is 0. The third-order valence-electron chi connectivity index (χ3n) is 3.51. The minimum atomic E-state index is -1.32. The summed E-state index contributed by atoms with van der Waals surface area (Å²) < 4.78 is 1.10. The number of carbonyl (C=O) groups is 2. The van der Waals surface area contributed by atoms with E-state index in [2.05, 4.69) is 15.6 Å². The van der Waals surface area contributed by atoms with Crippen molar-refractivity contribution in [3.8, 4) is 0 Å². The van der Waals surface area contributed by atoms with Crippen molar-refractivity contribution in [1.29, 1.82) is 0 Å². The van der Waals surface area contributed by atoms with Crippen LogP contribution >= 0.6 is 0 Å². The molecule has 1 aromatic heterocycles. The summed E-state index contributed by atoms with van der Waals surface area (Å²) in [6.45, 7) is 3.72. The van der Waals surface area contributed by atoms with Crippen molar-refractivity contribution >= 4 is 22.8 Å². The van der Waals surface area contributed by atoms with Crippen LogP contribution in [-0.4, -0.2) is 32.9 Å². The molecule has 0 saturated heterocycles. The maximum atomic E-state index is 12.2. The van der Waals surface area contributed by atoms with Crippen LogP contribution in [0.25, 0.3) is 10.9 Å².